The van der Waals surface area contributed by atoms with Crippen LogP contribution in [0.3, 0.4) is 0 Å². The Hall–Kier alpha value is -3.08. The van der Waals surface area contributed by atoms with E-state index in [2.05, 4.69) is 10.3 Å². The molecule has 2 aromatic rings. The maximum absolute atomic E-state index is 12.9. The number of alkyl halides is 3. The maximum Gasteiger partial charge on any atom is 0.416 e. The molecule has 1 N–H and O–H groups in total. The summed E-state index contributed by atoms with van der Waals surface area (Å²) in [4.78, 5) is 18.7. The number of rotatable bonds is 3. The highest BCUT2D eigenvalue weighted by molar-refractivity contribution is 5.92. The molecule has 0 aliphatic carbocycles. The quantitative estimate of drug-likeness (QED) is 0.858. The van der Waals surface area contributed by atoms with Crippen molar-refractivity contribution in [3.05, 3.63) is 53.2 Å². The number of aromatic nitrogens is 1. The van der Waals surface area contributed by atoms with Gasteiger partial charge < -0.3 is 10.2 Å². The number of hydrogen-bond donors (Lipinski definition) is 1. The van der Waals surface area contributed by atoms with E-state index in [4.69, 9.17) is 0 Å². The van der Waals surface area contributed by atoms with Crippen molar-refractivity contribution in [1.29, 1.82) is 5.26 Å². The third-order valence-corrected chi connectivity index (χ3v) is 4.72. The highest BCUT2D eigenvalue weighted by Crippen LogP contribution is 2.34. The predicted octanol–water partition coefficient (Wildman–Crippen LogP) is 4.14. The molecule has 0 radical (unpaired) electrons. The van der Waals surface area contributed by atoms with E-state index in [1.165, 1.54) is 6.07 Å². The molecular weight excluding hydrogens is 369 g/mol. The minimum absolute atomic E-state index is 0.0452. The van der Waals surface area contributed by atoms with E-state index >= 15 is 0 Å². The molecule has 5 nitrogen and oxygen atoms in total. The molecular formula is C20H19F3N4O. The van der Waals surface area contributed by atoms with E-state index in [0.717, 1.165) is 17.8 Å². The van der Waals surface area contributed by atoms with Crippen LogP contribution in [0.4, 0.5) is 24.7 Å². The minimum atomic E-state index is -4.50. The van der Waals surface area contributed by atoms with Crippen molar-refractivity contribution < 1.29 is 18.0 Å². The smallest absolute Gasteiger partial charge is 0.370 e. The van der Waals surface area contributed by atoms with Gasteiger partial charge in [-0.2, -0.15) is 18.4 Å². The number of carbonyl (C=O) groups excluding carboxylic acids is 1. The van der Waals surface area contributed by atoms with Crippen LogP contribution in [0.25, 0.3) is 0 Å². The van der Waals surface area contributed by atoms with Gasteiger partial charge in [0.25, 0.3) is 0 Å². The average molecular weight is 388 g/mol. The van der Waals surface area contributed by atoms with Crippen LogP contribution >= 0.6 is 0 Å². The number of nitriles is 1. The van der Waals surface area contributed by atoms with Crippen LogP contribution in [0.1, 0.15) is 29.7 Å². The number of pyridine rings is 1. The summed E-state index contributed by atoms with van der Waals surface area (Å²) in [6, 6.07) is 10.3. The molecule has 1 aliphatic heterocycles. The van der Waals surface area contributed by atoms with Crippen LogP contribution in [-0.2, 0) is 11.0 Å². The molecule has 0 saturated carbocycles. The summed E-state index contributed by atoms with van der Waals surface area (Å²) in [5.41, 5.74) is 0.300. The Kier molecular flexibility index (Phi) is 5.54. The fraction of sp³-hybridized carbons (Fsp3) is 0.350. The predicted molar refractivity (Wildman–Crippen MR) is 98.7 cm³/mol. The molecule has 0 spiro atoms. The van der Waals surface area contributed by atoms with Gasteiger partial charge in [-0.25, -0.2) is 4.98 Å². The van der Waals surface area contributed by atoms with Gasteiger partial charge >= 0.3 is 6.18 Å². The summed E-state index contributed by atoms with van der Waals surface area (Å²) < 4.78 is 38.7. The van der Waals surface area contributed by atoms with E-state index < -0.39 is 11.7 Å². The van der Waals surface area contributed by atoms with Crippen molar-refractivity contribution in [3.8, 4) is 6.07 Å². The summed E-state index contributed by atoms with van der Waals surface area (Å²) in [7, 11) is 0. The Balaban J connectivity index is 1.76. The first kappa shape index (κ1) is 19.7. The van der Waals surface area contributed by atoms with Crippen molar-refractivity contribution in [2.75, 3.05) is 23.3 Å². The summed E-state index contributed by atoms with van der Waals surface area (Å²) in [5.74, 6) is -0.0625. The van der Waals surface area contributed by atoms with Gasteiger partial charge in [-0.05, 0) is 50.1 Å². The van der Waals surface area contributed by atoms with Crippen molar-refractivity contribution in [2.24, 2.45) is 5.92 Å². The number of piperidine rings is 1. The van der Waals surface area contributed by atoms with Crippen LogP contribution in [0.15, 0.2) is 36.4 Å². The molecule has 8 heteroatoms. The molecule has 1 unspecified atom stereocenters. The Bertz CT molecular complexity index is 920. The molecule has 0 bridgehead atoms. The molecule has 1 saturated heterocycles. The van der Waals surface area contributed by atoms with Gasteiger partial charge in [0.05, 0.1) is 22.7 Å². The normalized spacial score (nSPS) is 17.1. The highest BCUT2D eigenvalue weighted by atomic mass is 19.4. The maximum atomic E-state index is 12.9. The van der Waals surface area contributed by atoms with Crippen molar-refractivity contribution >= 4 is 17.4 Å². The van der Waals surface area contributed by atoms with Gasteiger partial charge in [-0.1, -0.05) is 6.07 Å². The Morgan fingerprint density at radius 1 is 1.32 bits per heavy atom. The number of aryl methyl sites for hydroxylation is 1. The van der Waals surface area contributed by atoms with Crippen LogP contribution in [0.2, 0.25) is 0 Å². The number of nitrogens with zero attached hydrogens (tertiary/aromatic N) is 3. The van der Waals surface area contributed by atoms with E-state index in [1.807, 2.05) is 19.1 Å². The standard InChI is InChI=1S/C20H19F3N4O/c1-13-4-2-6-18(25-13)26-19(28)14-5-3-9-27(12-14)17-8-7-16(20(21,22)23)10-15(17)11-24/h2,4,6-8,10,14H,3,5,9,12H2,1H3,(H,25,26,28). The first-order chi connectivity index (χ1) is 13.3. The molecule has 146 valence electrons. The minimum Gasteiger partial charge on any atom is -0.370 e. The first-order valence-corrected chi connectivity index (χ1v) is 8.89. The van der Waals surface area contributed by atoms with Crippen LogP contribution in [0.5, 0.6) is 0 Å². The lowest BCUT2D eigenvalue weighted by Gasteiger charge is -2.34. The number of hydrogen-bond acceptors (Lipinski definition) is 4. The van der Waals surface area contributed by atoms with Crippen LogP contribution in [0, 0.1) is 24.2 Å². The zero-order chi connectivity index (χ0) is 20.3. The SMILES string of the molecule is Cc1cccc(NC(=O)C2CCCN(c3ccc(C(F)(F)F)cc3C#N)C2)n1. The van der Waals surface area contributed by atoms with Gasteiger partial charge in [0.15, 0.2) is 0 Å². The fourth-order valence-corrected chi connectivity index (χ4v) is 3.33. The zero-order valence-electron chi connectivity index (χ0n) is 15.3. The van der Waals surface area contributed by atoms with E-state index in [9.17, 15) is 23.2 Å². The monoisotopic (exact) mass is 388 g/mol. The molecule has 1 amide bonds. The zero-order valence-corrected chi connectivity index (χ0v) is 15.3. The number of carbonyl (C=O) groups is 1. The second-order valence-electron chi connectivity index (χ2n) is 6.78. The third-order valence-electron chi connectivity index (χ3n) is 4.72. The Morgan fingerprint density at radius 3 is 2.79 bits per heavy atom. The summed E-state index contributed by atoms with van der Waals surface area (Å²) >= 11 is 0. The summed E-state index contributed by atoms with van der Waals surface area (Å²) in [5, 5.41) is 12.1. The fourth-order valence-electron chi connectivity index (χ4n) is 3.33. The topological polar surface area (TPSA) is 69.0 Å². The van der Waals surface area contributed by atoms with E-state index in [1.54, 1.807) is 17.0 Å². The van der Waals surface area contributed by atoms with Gasteiger partial charge in [0.1, 0.15) is 11.9 Å². The summed E-state index contributed by atoms with van der Waals surface area (Å²) in [6.07, 6.45) is -3.14. The molecule has 1 aliphatic rings. The average Bonchev–Trinajstić information content (AvgIpc) is 2.67. The number of amides is 1. The van der Waals surface area contributed by atoms with Crippen molar-refractivity contribution in [1.82, 2.24) is 4.98 Å². The van der Waals surface area contributed by atoms with Crippen molar-refractivity contribution in [2.45, 2.75) is 25.9 Å². The molecule has 1 fully saturated rings. The Labute approximate surface area is 160 Å². The van der Waals surface area contributed by atoms with Gasteiger partial charge in [0.2, 0.25) is 5.91 Å². The molecule has 1 atom stereocenters. The van der Waals surface area contributed by atoms with Gasteiger partial charge in [-0.15, -0.1) is 0 Å². The van der Waals surface area contributed by atoms with Crippen molar-refractivity contribution in [3.63, 3.8) is 0 Å². The third kappa shape index (κ3) is 4.42. The molecule has 2 heterocycles. The van der Waals surface area contributed by atoms with Gasteiger partial charge in [-0.3, -0.25) is 4.79 Å². The second-order valence-corrected chi connectivity index (χ2v) is 6.78. The van der Waals surface area contributed by atoms with Crippen LogP contribution < -0.4 is 10.2 Å². The molecule has 3 rings (SSSR count). The largest absolute Gasteiger partial charge is 0.416 e. The highest BCUT2D eigenvalue weighted by Gasteiger charge is 2.32. The summed E-state index contributed by atoms with van der Waals surface area (Å²) in [6.45, 7) is 2.73. The lowest BCUT2D eigenvalue weighted by atomic mass is 9.95. The Morgan fingerprint density at radius 2 is 2.11 bits per heavy atom. The number of halogens is 3. The van der Waals surface area contributed by atoms with Gasteiger partial charge in [0, 0.05) is 18.8 Å². The number of anilines is 2. The molecule has 1 aromatic heterocycles. The first-order valence-electron chi connectivity index (χ1n) is 8.89. The number of nitrogens with one attached hydrogen (secondary N) is 1. The lowest BCUT2D eigenvalue weighted by molar-refractivity contribution is -0.137. The molecule has 1 aromatic carbocycles. The van der Waals surface area contributed by atoms with Crippen LogP contribution in [-0.4, -0.2) is 24.0 Å². The lowest BCUT2D eigenvalue weighted by Crippen LogP contribution is -2.41. The second kappa shape index (κ2) is 7.89. The van der Waals surface area contributed by atoms with E-state index in [0.29, 0.717) is 37.4 Å². The number of benzene rings is 1. The molecule has 28 heavy (non-hydrogen) atoms. The van der Waals surface area contributed by atoms with E-state index in [-0.39, 0.29) is 17.4 Å².